The van der Waals surface area contributed by atoms with Crippen LogP contribution in [0.2, 0.25) is 0 Å². The third-order valence-electron chi connectivity index (χ3n) is 4.58. The number of rotatable bonds is 2. The lowest BCUT2D eigenvalue weighted by Gasteiger charge is -2.37. The summed E-state index contributed by atoms with van der Waals surface area (Å²) in [6, 6.07) is 6.33. The first-order valence-electron chi connectivity index (χ1n) is 8.25. The highest BCUT2D eigenvalue weighted by Gasteiger charge is 2.29. The Morgan fingerprint density at radius 1 is 1.09 bits per heavy atom. The van der Waals surface area contributed by atoms with E-state index in [0.29, 0.717) is 31.7 Å². The summed E-state index contributed by atoms with van der Waals surface area (Å²) in [5.74, 6) is 0.158. The Morgan fingerprint density at radius 3 is 2.48 bits per heavy atom. The molecule has 1 unspecified atom stereocenters. The molecule has 0 aliphatic carbocycles. The molecule has 2 aliphatic heterocycles. The molecule has 2 N–H and O–H groups in total. The van der Waals surface area contributed by atoms with E-state index >= 15 is 0 Å². The smallest absolute Gasteiger partial charge is 0.254 e. The first kappa shape index (κ1) is 15.8. The Hall–Kier alpha value is -2.08. The van der Waals surface area contributed by atoms with Gasteiger partial charge in [-0.25, -0.2) is 0 Å². The average Bonchev–Trinajstić information content (AvgIpc) is 2.61. The molecular formula is C17H23N3O3. The highest BCUT2D eigenvalue weighted by Crippen LogP contribution is 2.16. The fourth-order valence-corrected chi connectivity index (χ4v) is 3.23. The number of hydrogen-bond acceptors (Lipinski definition) is 4. The van der Waals surface area contributed by atoms with Crippen molar-refractivity contribution in [1.82, 2.24) is 15.1 Å². The minimum absolute atomic E-state index is 0.0583. The van der Waals surface area contributed by atoms with Crippen LogP contribution in [0, 0.1) is 0 Å². The summed E-state index contributed by atoms with van der Waals surface area (Å²) in [5.41, 5.74) is 0.485. The number of piperazine rings is 1. The van der Waals surface area contributed by atoms with Crippen molar-refractivity contribution in [2.45, 2.75) is 25.3 Å². The van der Waals surface area contributed by atoms with Crippen LogP contribution >= 0.6 is 0 Å². The van der Waals surface area contributed by atoms with Gasteiger partial charge < -0.3 is 20.2 Å². The number of phenolic OH excluding ortho intramolecular Hbond substituents is 1. The van der Waals surface area contributed by atoms with E-state index in [1.54, 1.807) is 23.1 Å². The van der Waals surface area contributed by atoms with Gasteiger partial charge in [0.05, 0.1) is 6.04 Å². The van der Waals surface area contributed by atoms with Crippen molar-refractivity contribution in [3.8, 4) is 5.75 Å². The van der Waals surface area contributed by atoms with Crippen molar-refractivity contribution < 1.29 is 14.7 Å². The fraction of sp³-hybridized carbons (Fsp3) is 0.529. The van der Waals surface area contributed by atoms with Crippen molar-refractivity contribution in [1.29, 1.82) is 0 Å². The number of nitrogens with zero attached hydrogens (tertiary/aromatic N) is 2. The summed E-state index contributed by atoms with van der Waals surface area (Å²) in [6.07, 6.45) is 3.14. The quantitative estimate of drug-likeness (QED) is 0.847. The molecule has 1 aromatic carbocycles. The number of carbonyl (C=O) groups is 2. The molecule has 1 aromatic rings. The Bertz CT molecular complexity index is 576. The van der Waals surface area contributed by atoms with Crippen LogP contribution in [0.4, 0.5) is 0 Å². The van der Waals surface area contributed by atoms with Gasteiger partial charge in [-0.1, -0.05) is 12.5 Å². The van der Waals surface area contributed by atoms with E-state index in [-0.39, 0.29) is 23.6 Å². The van der Waals surface area contributed by atoms with Gasteiger partial charge in [-0.15, -0.1) is 0 Å². The first-order valence-corrected chi connectivity index (χ1v) is 8.25. The monoisotopic (exact) mass is 317 g/mol. The molecule has 2 aliphatic rings. The van der Waals surface area contributed by atoms with Crippen LogP contribution in [0.1, 0.15) is 29.6 Å². The second kappa shape index (κ2) is 7.00. The molecule has 2 fully saturated rings. The molecule has 6 heteroatoms. The number of aromatic hydroxyl groups is 1. The van der Waals surface area contributed by atoms with Gasteiger partial charge in [0.1, 0.15) is 5.75 Å². The summed E-state index contributed by atoms with van der Waals surface area (Å²) in [4.78, 5) is 28.5. The van der Waals surface area contributed by atoms with Gasteiger partial charge in [0, 0.05) is 31.7 Å². The molecule has 2 saturated heterocycles. The normalized spacial score (nSPS) is 22.0. The SMILES string of the molecule is O=C(c1cccc(O)c1)N1CCN(C(=O)C2CCCCN2)CC1. The molecule has 0 saturated carbocycles. The van der Waals surface area contributed by atoms with Crippen LogP contribution in [-0.2, 0) is 4.79 Å². The van der Waals surface area contributed by atoms with Crippen molar-refractivity contribution in [3.05, 3.63) is 29.8 Å². The van der Waals surface area contributed by atoms with E-state index < -0.39 is 0 Å². The number of hydrogen-bond donors (Lipinski definition) is 2. The number of benzene rings is 1. The van der Waals surface area contributed by atoms with Crippen LogP contribution in [-0.4, -0.2) is 65.5 Å². The summed E-state index contributed by atoms with van der Waals surface area (Å²) < 4.78 is 0. The van der Waals surface area contributed by atoms with E-state index in [0.717, 1.165) is 25.8 Å². The maximum absolute atomic E-state index is 12.5. The van der Waals surface area contributed by atoms with Gasteiger partial charge in [0.2, 0.25) is 5.91 Å². The number of piperidine rings is 1. The number of carbonyl (C=O) groups excluding carboxylic acids is 2. The van der Waals surface area contributed by atoms with Crippen LogP contribution in [0.15, 0.2) is 24.3 Å². The van der Waals surface area contributed by atoms with Crippen molar-refractivity contribution in [2.24, 2.45) is 0 Å². The third kappa shape index (κ3) is 3.64. The van der Waals surface area contributed by atoms with Crippen molar-refractivity contribution in [2.75, 3.05) is 32.7 Å². The molecule has 3 rings (SSSR count). The summed E-state index contributed by atoms with van der Waals surface area (Å²) in [5, 5.41) is 12.8. The van der Waals surface area contributed by atoms with Gasteiger partial charge in [-0.3, -0.25) is 9.59 Å². The largest absolute Gasteiger partial charge is 0.508 e. The Morgan fingerprint density at radius 2 is 1.83 bits per heavy atom. The average molecular weight is 317 g/mol. The van der Waals surface area contributed by atoms with Crippen LogP contribution in [0.3, 0.4) is 0 Å². The molecular weight excluding hydrogens is 294 g/mol. The number of phenols is 1. The molecule has 23 heavy (non-hydrogen) atoms. The summed E-state index contributed by atoms with van der Waals surface area (Å²) >= 11 is 0. The molecule has 0 bridgehead atoms. The van der Waals surface area contributed by atoms with Crippen molar-refractivity contribution >= 4 is 11.8 Å². The maximum Gasteiger partial charge on any atom is 0.254 e. The van der Waals surface area contributed by atoms with Crippen molar-refractivity contribution in [3.63, 3.8) is 0 Å². The van der Waals surface area contributed by atoms with Gasteiger partial charge in [-0.05, 0) is 37.6 Å². The lowest BCUT2D eigenvalue weighted by atomic mass is 10.0. The summed E-state index contributed by atoms with van der Waals surface area (Å²) in [6.45, 7) is 3.12. The fourth-order valence-electron chi connectivity index (χ4n) is 3.23. The number of nitrogens with one attached hydrogen (secondary N) is 1. The highest BCUT2D eigenvalue weighted by atomic mass is 16.3. The standard InChI is InChI=1S/C17H23N3O3/c21-14-5-3-4-13(12-14)16(22)19-8-10-20(11-9-19)17(23)15-6-1-2-7-18-15/h3-5,12,15,18,21H,1-2,6-11H2. The zero-order valence-corrected chi connectivity index (χ0v) is 13.2. The third-order valence-corrected chi connectivity index (χ3v) is 4.58. The minimum Gasteiger partial charge on any atom is -0.508 e. The second-order valence-corrected chi connectivity index (χ2v) is 6.17. The Kier molecular flexibility index (Phi) is 4.81. The predicted octanol–water partition coefficient (Wildman–Crippen LogP) is 0.819. The zero-order valence-electron chi connectivity index (χ0n) is 13.2. The van der Waals surface area contributed by atoms with Gasteiger partial charge in [0.25, 0.3) is 5.91 Å². The van der Waals surface area contributed by atoms with Gasteiger partial charge >= 0.3 is 0 Å². The second-order valence-electron chi connectivity index (χ2n) is 6.17. The molecule has 0 aromatic heterocycles. The maximum atomic E-state index is 12.5. The molecule has 0 spiro atoms. The minimum atomic E-state index is -0.0937. The van der Waals surface area contributed by atoms with Crippen LogP contribution in [0.25, 0.3) is 0 Å². The van der Waals surface area contributed by atoms with Crippen LogP contribution in [0.5, 0.6) is 5.75 Å². The molecule has 2 amide bonds. The Balaban J connectivity index is 1.55. The molecule has 6 nitrogen and oxygen atoms in total. The predicted molar refractivity (Wildman–Crippen MR) is 86.2 cm³/mol. The molecule has 124 valence electrons. The lowest BCUT2D eigenvalue weighted by molar-refractivity contribution is -0.135. The van der Waals surface area contributed by atoms with E-state index in [1.165, 1.54) is 6.07 Å². The van der Waals surface area contributed by atoms with E-state index in [1.807, 2.05) is 4.90 Å². The summed E-state index contributed by atoms with van der Waals surface area (Å²) in [7, 11) is 0. The molecule has 0 radical (unpaired) electrons. The van der Waals surface area contributed by atoms with E-state index in [9.17, 15) is 14.7 Å². The van der Waals surface area contributed by atoms with Gasteiger partial charge in [0.15, 0.2) is 0 Å². The zero-order chi connectivity index (χ0) is 16.2. The molecule has 1 atom stereocenters. The van der Waals surface area contributed by atoms with E-state index in [4.69, 9.17) is 0 Å². The van der Waals surface area contributed by atoms with E-state index in [2.05, 4.69) is 5.32 Å². The Labute approximate surface area is 136 Å². The van der Waals surface area contributed by atoms with Crippen LogP contribution < -0.4 is 5.32 Å². The highest BCUT2D eigenvalue weighted by molar-refractivity contribution is 5.94. The lowest BCUT2D eigenvalue weighted by Crippen LogP contribution is -2.55. The first-order chi connectivity index (χ1) is 11.1. The molecule has 2 heterocycles. The van der Waals surface area contributed by atoms with Gasteiger partial charge in [-0.2, -0.15) is 0 Å². The number of amides is 2. The topological polar surface area (TPSA) is 72.9 Å².